The summed E-state index contributed by atoms with van der Waals surface area (Å²) < 4.78 is 17.9. The number of hydrogen-bond acceptors (Lipinski definition) is 5. The van der Waals surface area contributed by atoms with Crippen molar-refractivity contribution in [3.8, 4) is 0 Å². The van der Waals surface area contributed by atoms with Crippen molar-refractivity contribution in [2.75, 3.05) is 12.9 Å². The Bertz CT molecular complexity index is 552. The standard InChI is InChI=1S/C15H19N3O3S/c1-9-12(17-18-16)15(22-2)20-11-8-19-14(21-13(9)11)10-6-4-3-5-7-10/h3-7,9,11-15H,8H2,1-2H3/t9-,11?,12-,13-,14?,15?/m1/s1. The van der Waals surface area contributed by atoms with Crippen LogP contribution in [-0.2, 0) is 14.2 Å². The summed E-state index contributed by atoms with van der Waals surface area (Å²) in [6, 6.07) is 9.60. The lowest BCUT2D eigenvalue weighted by atomic mass is 9.89. The predicted molar refractivity (Wildman–Crippen MR) is 84.3 cm³/mol. The maximum absolute atomic E-state index is 8.80. The van der Waals surface area contributed by atoms with Crippen molar-refractivity contribution in [1.29, 1.82) is 0 Å². The average Bonchev–Trinajstić information content (AvgIpc) is 2.58. The van der Waals surface area contributed by atoms with Crippen LogP contribution < -0.4 is 0 Å². The molecule has 6 nitrogen and oxygen atoms in total. The first-order valence-electron chi connectivity index (χ1n) is 7.29. The molecule has 6 atom stereocenters. The molecule has 118 valence electrons. The van der Waals surface area contributed by atoms with Crippen LogP contribution in [0.1, 0.15) is 18.8 Å². The fourth-order valence-electron chi connectivity index (χ4n) is 3.02. The van der Waals surface area contributed by atoms with Gasteiger partial charge in [-0.2, -0.15) is 0 Å². The van der Waals surface area contributed by atoms with E-state index in [4.69, 9.17) is 19.7 Å². The first-order chi connectivity index (χ1) is 10.7. The third-order valence-electron chi connectivity index (χ3n) is 4.19. The van der Waals surface area contributed by atoms with Gasteiger partial charge in [0.05, 0.1) is 18.8 Å². The minimum atomic E-state index is -0.397. The molecule has 2 heterocycles. The van der Waals surface area contributed by atoms with Crippen LogP contribution >= 0.6 is 11.8 Å². The van der Waals surface area contributed by atoms with Crippen LogP contribution in [0.4, 0.5) is 0 Å². The van der Waals surface area contributed by atoms with Gasteiger partial charge in [0.1, 0.15) is 11.5 Å². The first kappa shape index (κ1) is 15.6. The Morgan fingerprint density at radius 1 is 1.27 bits per heavy atom. The fraction of sp³-hybridized carbons (Fsp3) is 0.600. The van der Waals surface area contributed by atoms with Crippen molar-refractivity contribution >= 4 is 11.8 Å². The van der Waals surface area contributed by atoms with E-state index in [2.05, 4.69) is 16.9 Å². The Balaban J connectivity index is 1.79. The van der Waals surface area contributed by atoms with Gasteiger partial charge in [-0.3, -0.25) is 0 Å². The fourth-order valence-corrected chi connectivity index (χ4v) is 3.86. The Hall–Kier alpha value is -1.24. The highest BCUT2D eigenvalue weighted by molar-refractivity contribution is 7.99. The maximum atomic E-state index is 8.80. The van der Waals surface area contributed by atoms with Gasteiger partial charge in [0.2, 0.25) is 0 Å². The zero-order chi connectivity index (χ0) is 15.5. The Labute approximate surface area is 133 Å². The first-order valence-corrected chi connectivity index (χ1v) is 8.58. The van der Waals surface area contributed by atoms with Crippen molar-refractivity contribution in [2.24, 2.45) is 11.0 Å². The molecule has 22 heavy (non-hydrogen) atoms. The quantitative estimate of drug-likeness (QED) is 0.485. The van der Waals surface area contributed by atoms with E-state index in [1.807, 2.05) is 36.6 Å². The van der Waals surface area contributed by atoms with Crippen LogP contribution in [0.3, 0.4) is 0 Å². The molecule has 0 amide bonds. The monoisotopic (exact) mass is 321 g/mol. The van der Waals surface area contributed by atoms with Crippen LogP contribution in [0.15, 0.2) is 35.4 Å². The third-order valence-corrected chi connectivity index (χ3v) is 5.05. The van der Waals surface area contributed by atoms with Crippen LogP contribution in [0.25, 0.3) is 10.4 Å². The van der Waals surface area contributed by atoms with E-state index in [0.29, 0.717) is 6.61 Å². The molecule has 1 aromatic rings. The molecule has 0 bridgehead atoms. The summed E-state index contributed by atoms with van der Waals surface area (Å²) in [5.41, 5.74) is 9.63. The average molecular weight is 321 g/mol. The number of ether oxygens (including phenoxy) is 3. The third kappa shape index (κ3) is 2.95. The molecular formula is C15H19N3O3S. The largest absolute Gasteiger partial charge is 0.359 e. The lowest BCUT2D eigenvalue weighted by molar-refractivity contribution is -0.295. The molecule has 2 fully saturated rings. The van der Waals surface area contributed by atoms with Crippen molar-refractivity contribution in [1.82, 2.24) is 0 Å². The van der Waals surface area contributed by atoms with E-state index in [-0.39, 0.29) is 29.6 Å². The van der Waals surface area contributed by atoms with Gasteiger partial charge in [-0.1, -0.05) is 42.4 Å². The summed E-state index contributed by atoms with van der Waals surface area (Å²) in [5.74, 6) is 0.0715. The van der Waals surface area contributed by atoms with Gasteiger partial charge < -0.3 is 14.2 Å². The van der Waals surface area contributed by atoms with Gasteiger partial charge in [-0.05, 0) is 17.7 Å². The molecule has 7 heteroatoms. The zero-order valence-electron chi connectivity index (χ0n) is 12.5. The van der Waals surface area contributed by atoms with Gasteiger partial charge in [0.15, 0.2) is 6.29 Å². The number of thioether (sulfide) groups is 1. The second-order valence-electron chi connectivity index (χ2n) is 5.51. The van der Waals surface area contributed by atoms with Crippen LogP contribution in [0.5, 0.6) is 0 Å². The lowest BCUT2D eigenvalue weighted by Crippen LogP contribution is -2.56. The molecule has 3 unspecified atom stereocenters. The predicted octanol–water partition coefficient (Wildman–Crippen LogP) is 3.50. The molecule has 3 rings (SSSR count). The summed E-state index contributed by atoms with van der Waals surface area (Å²) in [7, 11) is 0. The van der Waals surface area contributed by atoms with E-state index in [0.717, 1.165) is 5.56 Å². The van der Waals surface area contributed by atoms with Gasteiger partial charge in [-0.25, -0.2) is 0 Å². The van der Waals surface area contributed by atoms with Crippen molar-refractivity contribution in [2.45, 2.75) is 36.9 Å². The van der Waals surface area contributed by atoms with Crippen LogP contribution in [0.2, 0.25) is 0 Å². The molecule has 0 aliphatic carbocycles. The van der Waals surface area contributed by atoms with E-state index in [1.54, 1.807) is 11.8 Å². The molecule has 2 aliphatic rings. The SMILES string of the molecule is CSC1OC2COC(c3ccccc3)O[C@@H]2[C@H](C)[C@H]1N=[N+]=[N-]. The summed E-state index contributed by atoms with van der Waals surface area (Å²) >= 11 is 1.55. The highest BCUT2D eigenvalue weighted by Gasteiger charge is 2.47. The Kier molecular flexibility index (Phi) is 4.90. The van der Waals surface area contributed by atoms with Gasteiger partial charge >= 0.3 is 0 Å². The number of hydrogen-bond donors (Lipinski definition) is 0. The minimum Gasteiger partial charge on any atom is -0.359 e. The minimum absolute atomic E-state index is 0.0715. The van der Waals surface area contributed by atoms with Gasteiger partial charge in [0, 0.05) is 10.5 Å². The number of nitrogens with zero attached hydrogens (tertiary/aromatic N) is 3. The molecule has 2 aliphatic heterocycles. The van der Waals surface area contributed by atoms with E-state index in [1.165, 1.54) is 0 Å². The van der Waals surface area contributed by atoms with Crippen LogP contribution in [-0.4, -0.2) is 36.5 Å². The number of rotatable bonds is 3. The number of benzene rings is 1. The van der Waals surface area contributed by atoms with Crippen molar-refractivity contribution in [3.63, 3.8) is 0 Å². The molecule has 0 spiro atoms. The molecule has 0 aromatic heterocycles. The maximum Gasteiger partial charge on any atom is 0.184 e. The highest BCUT2D eigenvalue weighted by Crippen LogP contribution is 2.40. The topological polar surface area (TPSA) is 76.5 Å². The molecule has 0 radical (unpaired) electrons. The lowest BCUT2D eigenvalue weighted by Gasteiger charge is -2.47. The van der Waals surface area contributed by atoms with Gasteiger partial charge in [0.25, 0.3) is 0 Å². The zero-order valence-corrected chi connectivity index (χ0v) is 13.3. The van der Waals surface area contributed by atoms with Crippen molar-refractivity contribution < 1.29 is 14.2 Å². The number of azide groups is 1. The van der Waals surface area contributed by atoms with E-state index >= 15 is 0 Å². The smallest absolute Gasteiger partial charge is 0.184 e. The number of fused-ring (bicyclic) bond motifs is 1. The summed E-state index contributed by atoms with van der Waals surface area (Å²) in [4.78, 5) is 2.97. The normalized spacial score (nSPS) is 37.9. The van der Waals surface area contributed by atoms with Crippen LogP contribution in [0, 0.1) is 5.92 Å². The summed E-state index contributed by atoms with van der Waals surface area (Å²) in [6.45, 7) is 2.53. The molecule has 1 aromatic carbocycles. The summed E-state index contributed by atoms with van der Waals surface area (Å²) in [5, 5.41) is 3.92. The molecule has 2 saturated heterocycles. The van der Waals surface area contributed by atoms with E-state index < -0.39 is 6.29 Å². The van der Waals surface area contributed by atoms with E-state index in [9.17, 15) is 0 Å². The Morgan fingerprint density at radius 3 is 2.73 bits per heavy atom. The van der Waals surface area contributed by atoms with Gasteiger partial charge in [-0.15, -0.1) is 11.8 Å². The molecular weight excluding hydrogens is 302 g/mol. The van der Waals surface area contributed by atoms with Crippen molar-refractivity contribution in [3.05, 3.63) is 46.3 Å². The second-order valence-corrected chi connectivity index (χ2v) is 6.45. The summed E-state index contributed by atoms with van der Waals surface area (Å²) in [6.07, 6.45) is 1.29. The molecule has 0 saturated carbocycles. The molecule has 0 N–H and O–H groups in total. The Morgan fingerprint density at radius 2 is 2.05 bits per heavy atom. The second kappa shape index (κ2) is 6.89. The highest BCUT2D eigenvalue weighted by atomic mass is 32.2.